The molecule has 0 bridgehead atoms. The molecule has 2 amide bonds. The van der Waals surface area contributed by atoms with Crippen molar-refractivity contribution in [2.24, 2.45) is 11.8 Å². The van der Waals surface area contributed by atoms with Gasteiger partial charge >= 0.3 is 0 Å². The first-order valence-electron chi connectivity index (χ1n) is 9.39. The maximum Gasteiger partial charge on any atom is 0.225 e. The third kappa shape index (κ3) is 5.50. The van der Waals surface area contributed by atoms with Gasteiger partial charge in [0.1, 0.15) is 0 Å². The average molecular weight is 332 g/mol. The van der Waals surface area contributed by atoms with E-state index in [4.69, 9.17) is 0 Å². The Morgan fingerprint density at radius 3 is 1.54 bits per heavy atom. The second-order valence-electron chi connectivity index (χ2n) is 7.19. The van der Waals surface area contributed by atoms with Crippen molar-refractivity contribution in [3.05, 3.63) is 24.3 Å². The fourth-order valence-corrected chi connectivity index (χ4v) is 3.58. The predicted molar refractivity (Wildman–Crippen MR) is 97.5 cm³/mol. The quantitative estimate of drug-likeness (QED) is 0.529. The van der Waals surface area contributed by atoms with Crippen molar-refractivity contribution >= 4 is 11.8 Å². The van der Waals surface area contributed by atoms with Crippen LogP contribution in [0.15, 0.2) is 24.3 Å². The molecule has 4 nitrogen and oxygen atoms in total. The predicted octanol–water partition coefficient (Wildman–Crippen LogP) is 3.40. The molecule has 2 aliphatic rings. The van der Waals surface area contributed by atoms with Crippen LogP contribution < -0.4 is 0 Å². The Balaban J connectivity index is 1.62. The Kier molecular flexibility index (Phi) is 7.54. The SMILES string of the molecule is CN(CCCCN(C)C(=O)[C@H]1CC=CCC1)C(=O)[C@@H]1CC=CCC1. The Hall–Kier alpha value is -1.58. The summed E-state index contributed by atoms with van der Waals surface area (Å²) in [6.07, 6.45) is 16.3. The number of rotatable bonds is 7. The standard InChI is InChI=1S/C20H32N2O2/c1-21(19(23)17-11-5-3-6-12-17)15-9-10-16-22(2)20(24)18-13-7-4-8-14-18/h3-5,7,17-18H,6,8-16H2,1-2H3/t17-,18+. The summed E-state index contributed by atoms with van der Waals surface area (Å²) < 4.78 is 0. The van der Waals surface area contributed by atoms with E-state index in [-0.39, 0.29) is 23.7 Å². The largest absolute Gasteiger partial charge is 0.346 e. The second kappa shape index (κ2) is 9.65. The number of carbonyl (C=O) groups is 2. The molecule has 0 aromatic heterocycles. The molecule has 2 atom stereocenters. The fourth-order valence-electron chi connectivity index (χ4n) is 3.58. The number of hydrogen-bond acceptors (Lipinski definition) is 2. The van der Waals surface area contributed by atoms with Gasteiger partial charge in [0.05, 0.1) is 0 Å². The maximum absolute atomic E-state index is 12.4. The Bertz CT molecular complexity index is 440. The van der Waals surface area contributed by atoms with Crippen molar-refractivity contribution in [3.63, 3.8) is 0 Å². The van der Waals surface area contributed by atoms with Crippen LogP contribution >= 0.6 is 0 Å². The third-order valence-corrected chi connectivity index (χ3v) is 5.23. The summed E-state index contributed by atoms with van der Waals surface area (Å²) in [7, 11) is 3.81. The van der Waals surface area contributed by atoms with E-state index in [1.807, 2.05) is 23.9 Å². The van der Waals surface area contributed by atoms with Crippen molar-refractivity contribution in [1.29, 1.82) is 0 Å². The highest BCUT2D eigenvalue weighted by Crippen LogP contribution is 2.21. The summed E-state index contributed by atoms with van der Waals surface area (Å²) in [5.74, 6) is 0.891. The zero-order valence-corrected chi connectivity index (χ0v) is 15.2. The smallest absolute Gasteiger partial charge is 0.225 e. The van der Waals surface area contributed by atoms with Crippen LogP contribution in [0.2, 0.25) is 0 Å². The van der Waals surface area contributed by atoms with Crippen LogP contribution in [-0.4, -0.2) is 48.8 Å². The van der Waals surface area contributed by atoms with Crippen LogP contribution in [-0.2, 0) is 9.59 Å². The molecule has 2 aliphatic carbocycles. The first-order chi connectivity index (χ1) is 11.6. The zero-order chi connectivity index (χ0) is 17.4. The van der Waals surface area contributed by atoms with Crippen LogP contribution in [0.5, 0.6) is 0 Å². The second-order valence-corrected chi connectivity index (χ2v) is 7.19. The molecule has 24 heavy (non-hydrogen) atoms. The van der Waals surface area contributed by atoms with E-state index in [0.717, 1.165) is 64.5 Å². The molecule has 4 heteroatoms. The molecular formula is C20H32N2O2. The monoisotopic (exact) mass is 332 g/mol. The fraction of sp³-hybridized carbons (Fsp3) is 0.700. The summed E-state index contributed by atoms with van der Waals surface area (Å²) in [4.78, 5) is 28.5. The Morgan fingerprint density at radius 2 is 1.21 bits per heavy atom. The first kappa shape index (κ1) is 18.8. The minimum absolute atomic E-state index is 0.170. The van der Waals surface area contributed by atoms with Crippen LogP contribution in [0.1, 0.15) is 51.4 Å². The summed E-state index contributed by atoms with van der Waals surface area (Å²) in [6, 6.07) is 0. The minimum atomic E-state index is 0.170. The first-order valence-corrected chi connectivity index (χ1v) is 9.39. The zero-order valence-electron chi connectivity index (χ0n) is 15.2. The molecule has 0 spiro atoms. The summed E-state index contributed by atoms with van der Waals surface area (Å²) in [5, 5.41) is 0. The van der Waals surface area contributed by atoms with Crippen LogP contribution in [0.25, 0.3) is 0 Å². The van der Waals surface area contributed by atoms with Crippen LogP contribution in [0.4, 0.5) is 0 Å². The summed E-state index contributed by atoms with van der Waals surface area (Å²) in [6.45, 7) is 1.57. The molecule has 0 aromatic carbocycles. The molecule has 0 N–H and O–H groups in total. The highest BCUT2D eigenvalue weighted by atomic mass is 16.2. The van der Waals surface area contributed by atoms with Gasteiger partial charge in [-0.1, -0.05) is 24.3 Å². The summed E-state index contributed by atoms with van der Waals surface area (Å²) in [5.41, 5.74) is 0. The van der Waals surface area contributed by atoms with Gasteiger partial charge in [0, 0.05) is 39.0 Å². The average Bonchev–Trinajstić information content (AvgIpc) is 2.65. The molecule has 2 rings (SSSR count). The van der Waals surface area contributed by atoms with Crippen molar-refractivity contribution in [2.75, 3.05) is 27.2 Å². The lowest BCUT2D eigenvalue weighted by atomic mass is 9.93. The Morgan fingerprint density at radius 1 is 0.792 bits per heavy atom. The van der Waals surface area contributed by atoms with E-state index in [0.29, 0.717) is 0 Å². The molecule has 0 aromatic rings. The molecular weight excluding hydrogens is 300 g/mol. The highest BCUT2D eigenvalue weighted by Gasteiger charge is 2.23. The molecule has 0 radical (unpaired) electrons. The van der Waals surface area contributed by atoms with Gasteiger partial charge in [0.2, 0.25) is 11.8 Å². The normalized spacial score (nSPS) is 23.1. The number of hydrogen-bond donors (Lipinski definition) is 0. The van der Waals surface area contributed by atoms with Crippen LogP contribution in [0, 0.1) is 11.8 Å². The van der Waals surface area contributed by atoms with Crippen molar-refractivity contribution in [3.8, 4) is 0 Å². The molecule has 0 saturated heterocycles. The lowest BCUT2D eigenvalue weighted by molar-refractivity contribution is -0.135. The maximum atomic E-state index is 12.4. The van der Waals surface area contributed by atoms with Gasteiger partial charge in [-0.2, -0.15) is 0 Å². The van der Waals surface area contributed by atoms with Gasteiger partial charge in [0.15, 0.2) is 0 Å². The number of allylic oxidation sites excluding steroid dienone is 4. The van der Waals surface area contributed by atoms with Gasteiger partial charge in [-0.15, -0.1) is 0 Å². The van der Waals surface area contributed by atoms with Crippen molar-refractivity contribution < 1.29 is 9.59 Å². The van der Waals surface area contributed by atoms with Crippen LogP contribution in [0.3, 0.4) is 0 Å². The molecule has 0 saturated carbocycles. The number of nitrogens with zero attached hydrogens (tertiary/aromatic N) is 2. The Labute approximate surface area is 146 Å². The number of carbonyl (C=O) groups excluding carboxylic acids is 2. The van der Waals surface area contributed by atoms with E-state index in [1.54, 1.807) is 0 Å². The molecule has 0 aliphatic heterocycles. The van der Waals surface area contributed by atoms with Gasteiger partial charge in [0.25, 0.3) is 0 Å². The van der Waals surface area contributed by atoms with E-state index < -0.39 is 0 Å². The lowest BCUT2D eigenvalue weighted by Gasteiger charge is -2.26. The topological polar surface area (TPSA) is 40.6 Å². The van der Waals surface area contributed by atoms with Gasteiger partial charge in [-0.25, -0.2) is 0 Å². The molecule has 0 fully saturated rings. The van der Waals surface area contributed by atoms with Crippen molar-refractivity contribution in [2.45, 2.75) is 51.4 Å². The van der Waals surface area contributed by atoms with Gasteiger partial charge < -0.3 is 9.80 Å². The minimum Gasteiger partial charge on any atom is -0.346 e. The molecule has 0 unspecified atom stereocenters. The number of unbranched alkanes of at least 4 members (excludes halogenated alkanes) is 1. The van der Waals surface area contributed by atoms with E-state index in [2.05, 4.69) is 24.3 Å². The van der Waals surface area contributed by atoms with E-state index in [9.17, 15) is 9.59 Å². The summed E-state index contributed by atoms with van der Waals surface area (Å²) >= 11 is 0. The van der Waals surface area contributed by atoms with Crippen molar-refractivity contribution in [1.82, 2.24) is 9.80 Å². The van der Waals surface area contributed by atoms with E-state index >= 15 is 0 Å². The third-order valence-electron chi connectivity index (χ3n) is 5.23. The highest BCUT2D eigenvalue weighted by molar-refractivity contribution is 5.79. The lowest BCUT2D eigenvalue weighted by Crippen LogP contribution is -2.36. The van der Waals surface area contributed by atoms with E-state index in [1.165, 1.54) is 0 Å². The van der Waals surface area contributed by atoms with Gasteiger partial charge in [-0.3, -0.25) is 9.59 Å². The molecule has 0 heterocycles. The number of amides is 2. The molecule has 134 valence electrons. The van der Waals surface area contributed by atoms with Gasteiger partial charge in [-0.05, 0) is 51.4 Å².